The van der Waals surface area contributed by atoms with Crippen LogP contribution in [-0.2, 0) is 11.9 Å². The summed E-state index contributed by atoms with van der Waals surface area (Å²) in [4.78, 5) is 16.7. The first-order valence-corrected chi connectivity index (χ1v) is 20.3. The number of halogens is 7. The van der Waals surface area contributed by atoms with Crippen LogP contribution in [0.25, 0.3) is 33.1 Å². The smallest absolute Gasteiger partial charge is 0.489 e. The number of aryl methyl sites for hydroxylation is 1. The summed E-state index contributed by atoms with van der Waals surface area (Å²) < 4.78 is 102. The number of para-hydroxylation sites is 2. The molecular weight excluding hydrogens is 884 g/mol. The van der Waals surface area contributed by atoms with Crippen molar-refractivity contribution in [1.82, 2.24) is 15.3 Å². The van der Waals surface area contributed by atoms with Crippen molar-refractivity contribution >= 4 is 33.2 Å². The molecule has 0 aliphatic carbocycles. The van der Waals surface area contributed by atoms with Crippen LogP contribution in [0.1, 0.15) is 103 Å². The number of thiazole rings is 1. The second kappa shape index (κ2) is 18.9. The molecule has 0 unspecified atom stereocenters. The van der Waals surface area contributed by atoms with Gasteiger partial charge in [-0.2, -0.15) is 0 Å². The minimum atomic E-state index is -4.87. The van der Waals surface area contributed by atoms with E-state index in [0.717, 1.165) is 16.7 Å². The molecule has 18 heteroatoms. The van der Waals surface area contributed by atoms with E-state index in [-0.39, 0.29) is 58.4 Å². The summed E-state index contributed by atoms with van der Waals surface area (Å²) in [6.07, 6.45) is -9.62. The number of hydrogen-bond acceptors (Lipinski definition) is 10. The third-order valence-corrected chi connectivity index (χ3v) is 10.7. The van der Waals surface area contributed by atoms with E-state index in [1.807, 2.05) is 54.5 Å². The molecule has 0 radical (unpaired) electrons. The fourth-order valence-corrected chi connectivity index (χ4v) is 7.80. The molecule has 0 amide bonds. The summed E-state index contributed by atoms with van der Waals surface area (Å²) in [6.45, 7) is 13.3. The van der Waals surface area contributed by atoms with Crippen LogP contribution >= 0.6 is 27.3 Å². The average molecular weight is 925 g/mol. The third-order valence-electron chi connectivity index (χ3n) is 8.75. The minimum Gasteiger partial charge on any atom is -0.489 e. The number of rotatable bonds is 13. The first-order chi connectivity index (χ1) is 28.2. The van der Waals surface area contributed by atoms with Gasteiger partial charge in [0.05, 0.1) is 5.56 Å². The summed E-state index contributed by atoms with van der Waals surface area (Å²) >= 11 is 4.67. The van der Waals surface area contributed by atoms with Crippen molar-refractivity contribution in [1.29, 1.82) is 0 Å². The molecule has 1 N–H and O–H groups in total. The molecule has 0 spiro atoms. The SMILES string of the molecule is CC(C)c1onc(-c2ccccc2OC(F)(F)F)c1CBr.Cc1cc(OCc2c(-c3ccccc3OC(F)(F)F)noc2C(C)C)ccc1-c1nc(C(=O)O)c(C(C)C)s1. The Hall–Kier alpha value is -5.36. The van der Waals surface area contributed by atoms with E-state index in [2.05, 4.69) is 40.7 Å². The van der Waals surface area contributed by atoms with Crippen LogP contribution in [0, 0.1) is 6.92 Å². The van der Waals surface area contributed by atoms with Crippen LogP contribution in [0.5, 0.6) is 17.2 Å². The molecule has 0 atom stereocenters. The highest BCUT2D eigenvalue weighted by Gasteiger charge is 2.34. The molecule has 0 fully saturated rings. The number of benzene rings is 3. The Kier molecular flexibility index (Phi) is 14.4. The molecule has 3 aromatic carbocycles. The van der Waals surface area contributed by atoms with Crippen molar-refractivity contribution in [3.63, 3.8) is 0 Å². The van der Waals surface area contributed by atoms with Crippen LogP contribution in [0.3, 0.4) is 0 Å². The number of carboxylic acid groups (broad SMARTS) is 1. The highest BCUT2D eigenvalue weighted by atomic mass is 79.9. The van der Waals surface area contributed by atoms with E-state index in [1.165, 1.54) is 47.7 Å². The number of carbonyl (C=O) groups is 1. The second-order valence-corrected chi connectivity index (χ2v) is 15.8. The fourth-order valence-electron chi connectivity index (χ4n) is 6.11. The van der Waals surface area contributed by atoms with Gasteiger partial charge in [-0.15, -0.1) is 37.7 Å². The first-order valence-electron chi connectivity index (χ1n) is 18.4. The summed E-state index contributed by atoms with van der Waals surface area (Å²) in [6, 6.07) is 17.0. The topological polar surface area (TPSA) is 130 Å². The van der Waals surface area contributed by atoms with Crippen molar-refractivity contribution < 1.29 is 59.5 Å². The van der Waals surface area contributed by atoms with Crippen LogP contribution in [0.2, 0.25) is 0 Å². The van der Waals surface area contributed by atoms with Gasteiger partial charge >= 0.3 is 18.7 Å². The Labute approximate surface area is 353 Å². The monoisotopic (exact) mass is 923 g/mol. The van der Waals surface area contributed by atoms with Crippen LogP contribution in [0.15, 0.2) is 75.8 Å². The molecule has 0 saturated carbocycles. The van der Waals surface area contributed by atoms with E-state index in [1.54, 1.807) is 24.3 Å². The van der Waals surface area contributed by atoms with Gasteiger partial charge < -0.3 is 28.4 Å². The van der Waals surface area contributed by atoms with E-state index >= 15 is 0 Å². The largest absolute Gasteiger partial charge is 0.573 e. The third kappa shape index (κ3) is 11.1. The normalized spacial score (nSPS) is 11.9. The van der Waals surface area contributed by atoms with Gasteiger partial charge in [0.25, 0.3) is 0 Å². The van der Waals surface area contributed by atoms with E-state index in [0.29, 0.717) is 43.7 Å². The fraction of sp³-hybridized carbons (Fsp3) is 0.333. The highest BCUT2D eigenvalue weighted by molar-refractivity contribution is 9.08. The number of nitrogens with zero attached hydrogens (tertiary/aromatic N) is 3. The molecule has 0 aliphatic rings. The Morgan fingerprint density at radius 3 is 1.68 bits per heavy atom. The van der Waals surface area contributed by atoms with Gasteiger partial charge in [0, 0.05) is 44.3 Å². The number of hydrogen-bond donors (Lipinski definition) is 1. The predicted octanol–water partition coefficient (Wildman–Crippen LogP) is 13.5. The molecular formula is C42H40BrF6N3O7S. The Bertz CT molecular complexity index is 2420. The van der Waals surface area contributed by atoms with Crippen molar-refractivity contribution in [2.75, 3.05) is 0 Å². The summed E-state index contributed by atoms with van der Waals surface area (Å²) in [5.74, 6) is -0.110. The Balaban J connectivity index is 0.000000274. The van der Waals surface area contributed by atoms with E-state index in [4.69, 9.17) is 13.8 Å². The average Bonchev–Trinajstić information content (AvgIpc) is 3.91. The minimum absolute atomic E-state index is 0.0105. The Morgan fingerprint density at radius 1 is 0.750 bits per heavy atom. The van der Waals surface area contributed by atoms with E-state index < -0.39 is 18.7 Å². The number of ether oxygens (including phenoxy) is 3. The van der Waals surface area contributed by atoms with Crippen LogP contribution in [-0.4, -0.2) is 39.1 Å². The van der Waals surface area contributed by atoms with Crippen LogP contribution < -0.4 is 14.2 Å². The van der Waals surface area contributed by atoms with Gasteiger partial charge in [0.2, 0.25) is 0 Å². The van der Waals surface area contributed by atoms with Crippen molar-refractivity contribution in [2.45, 2.75) is 90.9 Å². The molecule has 6 rings (SSSR count). The lowest BCUT2D eigenvalue weighted by Gasteiger charge is -2.14. The predicted molar refractivity (Wildman–Crippen MR) is 216 cm³/mol. The summed E-state index contributed by atoms with van der Waals surface area (Å²) in [5, 5.41) is 18.5. The lowest BCUT2D eigenvalue weighted by molar-refractivity contribution is -0.275. The molecule has 60 heavy (non-hydrogen) atoms. The maximum absolute atomic E-state index is 13.0. The van der Waals surface area contributed by atoms with E-state index in [9.17, 15) is 36.2 Å². The molecule has 6 aromatic rings. The molecule has 10 nitrogen and oxygen atoms in total. The molecule has 0 bridgehead atoms. The molecule has 3 heterocycles. The molecule has 3 aromatic heterocycles. The van der Waals surface area contributed by atoms with Gasteiger partial charge in [0.1, 0.15) is 51.8 Å². The molecule has 320 valence electrons. The summed E-state index contributed by atoms with van der Waals surface area (Å²) in [7, 11) is 0. The second-order valence-electron chi connectivity index (χ2n) is 14.2. The highest BCUT2D eigenvalue weighted by Crippen LogP contribution is 2.41. The number of aromatic nitrogens is 3. The lowest BCUT2D eigenvalue weighted by atomic mass is 10.0. The van der Waals surface area contributed by atoms with Gasteiger partial charge in [-0.05, 0) is 60.9 Å². The van der Waals surface area contributed by atoms with Crippen molar-refractivity contribution in [3.05, 3.63) is 106 Å². The standard InChI is InChI=1S/C28H27F3N2O5S.C14H13BrF3NO2/c1-14(2)24-20(22(33-38-24)19-8-6-7-9-21(19)37-28(29,30)31)13-36-17-10-11-18(16(5)12-17)26-32-23(27(34)35)25(39-26)15(3)4;1-8(2)13-10(7-15)12(19-21-13)9-5-3-4-6-11(9)20-14(16,17)18/h6-12,14-15H,13H2,1-5H3,(H,34,35);3-6,8H,7H2,1-2H3. The zero-order valence-corrected chi connectivity index (χ0v) is 35.7. The molecule has 0 aliphatic heterocycles. The molecule has 0 saturated heterocycles. The number of alkyl halides is 7. The van der Waals surface area contributed by atoms with Crippen molar-refractivity contribution in [2.24, 2.45) is 0 Å². The zero-order chi connectivity index (χ0) is 44.1. The van der Waals surface area contributed by atoms with Gasteiger partial charge in [-0.25, -0.2) is 9.78 Å². The maximum atomic E-state index is 13.0. The lowest BCUT2D eigenvalue weighted by Crippen LogP contribution is -2.17. The van der Waals surface area contributed by atoms with Crippen molar-refractivity contribution in [3.8, 4) is 50.3 Å². The number of aromatic carboxylic acids is 1. The van der Waals surface area contributed by atoms with Gasteiger partial charge in [-0.3, -0.25) is 0 Å². The first kappa shape index (κ1) is 45.7. The maximum Gasteiger partial charge on any atom is 0.573 e. The number of carboxylic acids is 1. The quantitative estimate of drug-likeness (QED) is 0.0882. The zero-order valence-electron chi connectivity index (χ0n) is 33.3. The Morgan fingerprint density at radius 2 is 1.25 bits per heavy atom. The van der Waals surface area contributed by atoms with Gasteiger partial charge in [-0.1, -0.05) is 92.1 Å². The summed E-state index contributed by atoms with van der Waals surface area (Å²) in [5.41, 5.74) is 3.85. The van der Waals surface area contributed by atoms with Gasteiger partial charge in [0.15, 0.2) is 5.69 Å². The van der Waals surface area contributed by atoms with Crippen LogP contribution in [0.4, 0.5) is 26.3 Å².